The predicted octanol–water partition coefficient (Wildman–Crippen LogP) is 3.72. The van der Waals surface area contributed by atoms with Crippen molar-refractivity contribution in [2.45, 2.75) is 0 Å². The van der Waals surface area contributed by atoms with E-state index in [1.807, 2.05) is 30.3 Å². The van der Waals surface area contributed by atoms with Crippen LogP contribution in [0, 0.1) is 0 Å². The first kappa shape index (κ1) is 18.4. The lowest BCUT2D eigenvalue weighted by molar-refractivity contribution is 0.200. The standard InChI is InChI=1S/C21H25N3OS/c1-25-20-11-5-10-19(17-20)22-21(26)24-15-13-23(14-16-24)12-6-9-18-7-3-2-4-8-18/h2-11,17H,12-16H2,1H3,(H,22,26). The van der Waals surface area contributed by atoms with Crippen LogP contribution in [-0.2, 0) is 0 Å². The van der Waals surface area contributed by atoms with Crippen molar-refractivity contribution in [3.63, 3.8) is 0 Å². The number of rotatable bonds is 5. The minimum atomic E-state index is 0.776. The van der Waals surface area contributed by atoms with Gasteiger partial charge in [0.2, 0.25) is 0 Å². The Kier molecular flexibility index (Phi) is 6.63. The minimum Gasteiger partial charge on any atom is -0.497 e. The Morgan fingerprint density at radius 3 is 2.58 bits per heavy atom. The Morgan fingerprint density at radius 1 is 1.08 bits per heavy atom. The van der Waals surface area contributed by atoms with Gasteiger partial charge >= 0.3 is 0 Å². The van der Waals surface area contributed by atoms with Crippen molar-refractivity contribution in [2.24, 2.45) is 0 Å². The summed E-state index contributed by atoms with van der Waals surface area (Å²) in [5.74, 6) is 0.827. The number of anilines is 1. The lowest BCUT2D eigenvalue weighted by Gasteiger charge is -2.35. The van der Waals surface area contributed by atoms with Crippen LogP contribution in [0.1, 0.15) is 5.56 Å². The van der Waals surface area contributed by atoms with E-state index in [4.69, 9.17) is 17.0 Å². The summed E-state index contributed by atoms with van der Waals surface area (Å²) in [6, 6.07) is 18.3. The monoisotopic (exact) mass is 367 g/mol. The summed E-state index contributed by atoms with van der Waals surface area (Å²) in [7, 11) is 1.67. The van der Waals surface area contributed by atoms with Crippen molar-refractivity contribution >= 4 is 29.1 Å². The molecule has 0 aliphatic carbocycles. The number of ether oxygens (including phenoxy) is 1. The van der Waals surface area contributed by atoms with Gasteiger partial charge in [-0.15, -0.1) is 0 Å². The molecule has 0 aromatic heterocycles. The number of nitrogens with zero attached hydrogens (tertiary/aromatic N) is 2. The fourth-order valence-corrected chi connectivity index (χ4v) is 3.24. The summed E-state index contributed by atoms with van der Waals surface area (Å²) in [6.07, 6.45) is 4.42. The number of methoxy groups -OCH3 is 1. The molecule has 3 rings (SSSR count). The average Bonchev–Trinajstić information content (AvgIpc) is 2.69. The van der Waals surface area contributed by atoms with Gasteiger partial charge in [-0.1, -0.05) is 48.6 Å². The lowest BCUT2D eigenvalue weighted by Crippen LogP contribution is -2.49. The molecule has 0 atom stereocenters. The first-order valence-corrected chi connectivity index (χ1v) is 9.29. The molecule has 1 N–H and O–H groups in total. The van der Waals surface area contributed by atoms with E-state index in [1.165, 1.54) is 5.56 Å². The maximum Gasteiger partial charge on any atom is 0.173 e. The lowest BCUT2D eigenvalue weighted by atomic mass is 10.2. The van der Waals surface area contributed by atoms with E-state index < -0.39 is 0 Å². The van der Waals surface area contributed by atoms with Crippen molar-refractivity contribution in [1.82, 2.24) is 9.80 Å². The van der Waals surface area contributed by atoms with Gasteiger partial charge in [0.1, 0.15) is 5.75 Å². The van der Waals surface area contributed by atoms with Crippen molar-refractivity contribution in [2.75, 3.05) is 45.2 Å². The topological polar surface area (TPSA) is 27.7 Å². The van der Waals surface area contributed by atoms with Gasteiger partial charge in [-0.2, -0.15) is 0 Å². The highest BCUT2D eigenvalue weighted by atomic mass is 32.1. The van der Waals surface area contributed by atoms with Gasteiger partial charge in [-0.05, 0) is 29.9 Å². The zero-order valence-electron chi connectivity index (χ0n) is 15.1. The van der Waals surface area contributed by atoms with Crippen molar-refractivity contribution < 1.29 is 4.74 Å². The van der Waals surface area contributed by atoms with E-state index in [2.05, 4.69) is 51.5 Å². The maximum absolute atomic E-state index is 5.57. The van der Waals surface area contributed by atoms with E-state index in [1.54, 1.807) is 7.11 Å². The molecule has 0 radical (unpaired) electrons. The molecule has 0 spiro atoms. The third-order valence-corrected chi connectivity index (χ3v) is 4.81. The third kappa shape index (κ3) is 5.31. The summed E-state index contributed by atoms with van der Waals surface area (Å²) in [6.45, 7) is 4.88. The molecule has 2 aromatic carbocycles. The highest BCUT2D eigenvalue weighted by Gasteiger charge is 2.18. The van der Waals surface area contributed by atoms with Gasteiger partial charge < -0.3 is 15.0 Å². The fourth-order valence-electron chi connectivity index (χ4n) is 2.94. The molecule has 1 fully saturated rings. The molecule has 1 aliphatic heterocycles. The van der Waals surface area contributed by atoms with Gasteiger partial charge in [-0.3, -0.25) is 4.90 Å². The van der Waals surface area contributed by atoms with Gasteiger partial charge in [-0.25, -0.2) is 0 Å². The molecule has 0 saturated carbocycles. The van der Waals surface area contributed by atoms with Crippen LogP contribution in [0.5, 0.6) is 5.75 Å². The normalized spacial score (nSPS) is 15.2. The molecule has 5 heteroatoms. The Bertz CT molecular complexity index is 740. The molecule has 26 heavy (non-hydrogen) atoms. The van der Waals surface area contributed by atoms with E-state index >= 15 is 0 Å². The van der Waals surface area contributed by atoms with Crippen LogP contribution in [-0.4, -0.2) is 54.7 Å². The molecule has 4 nitrogen and oxygen atoms in total. The van der Waals surface area contributed by atoms with Crippen LogP contribution >= 0.6 is 12.2 Å². The smallest absolute Gasteiger partial charge is 0.173 e. The summed E-state index contributed by atoms with van der Waals surface area (Å²) in [5, 5.41) is 4.09. The van der Waals surface area contributed by atoms with Crippen molar-refractivity contribution in [1.29, 1.82) is 0 Å². The quantitative estimate of drug-likeness (QED) is 0.813. The summed E-state index contributed by atoms with van der Waals surface area (Å²) in [4.78, 5) is 4.68. The Balaban J connectivity index is 1.44. The van der Waals surface area contributed by atoms with Gasteiger partial charge in [0, 0.05) is 44.5 Å². The number of benzene rings is 2. The summed E-state index contributed by atoms with van der Waals surface area (Å²) in [5.41, 5.74) is 2.21. The molecule has 0 amide bonds. The van der Waals surface area contributed by atoms with E-state index in [9.17, 15) is 0 Å². The zero-order chi connectivity index (χ0) is 18.2. The van der Waals surface area contributed by atoms with Crippen molar-refractivity contribution in [3.05, 3.63) is 66.2 Å². The molecular formula is C21H25N3OS. The summed E-state index contributed by atoms with van der Waals surface area (Å²) >= 11 is 5.57. The second-order valence-electron chi connectivity index (χ2n) is 6.26. The molecule has 0 unspecified atom stereocenters. The number of piperazine rings is 1. The SMILES string of the molecule is COc1cccc(NC(=S)N2CCN(CC=Cc3ccccc3)CC2)c1. The van der Waals surface area contributed by atoms with Gasteiger partial charge in [0.05, 0.1) is 7.11 Å². The Hall–Kier alpha value is -2.37. The first-order valence-electron chi connectivity index (χ1n) is 8.88. The first-order chi connectivity index (χ1) is 12.7. The molecular weight excluding hydrogens is 342 g/mol. The maximum atomic E-state index is 5.57. The molecule has 1 aliphatic rings. The Labute approximate surface area is 161 Å². The number of hydrogen-bond acceptors (Lipinski definition) is 3. The van der Waals surface area contributed by atoms with Crippen LogP contribution in [0.15, 0.2) is 60.7 Å². The molecule has 2 aromatic rings. The second kappa shape index (κ2) is 9.36. The highest BCUT2D eigenvalue weighted by molar-refractivity contribution is 7.80. The predicted molar refractivity (Wildman–Crippen MR) is 113 cm³/mol. The zero-order valence-corrected chi connectivity index (χ0v) is 15.9. The van der Waals surface area contributed by atoms with Crippen LogP contribution < -0.4 is 10.1 Å². The molecule has 1 heterocycles. The van der Waals surface area contributed by atoms with Crippen molar-refractivity contribution in [3.8, 4) is 5.75 Å². The van der Waals surface area contributed by atoms with E-state index in [0.717, 1.165) is 49.3 Å². The van der Waals surface area contributed by atoms with Gasteiger partial charge in [0.15, 0.2) is 5.11 Å². The van der Waals surface area contributed by atoms with E-state index in [0.29, 0.717) is 0 Å². The van der Waals surface area contributed by atoms with Crippen LogP contribution in [0.4, 0.5) is 5.69 Å². The number of hydrogen-bond donors (Lipinski definition) is 1. The van der Waals surface area contributed by atoms with Crippen LogP contribution in [0.25, 0.3) is 6.08 Å². The largest absolute Gasteiger partial charge is 0.497 e. The molecule has 136 valence electrons. The van der Waals surface area contributed by atoms with Crippen LogP contribution in [0.2, 0.25) is 0 Å². The molecule has 0 bridgehead atoms. The second-order valence-corrected chi connectivity index (χ2v) is 6.65. The van der Waals surface area contributed by atoms with Crippen LogP contribution in [0.3, 0.4) is 0 Å². The van der Waals surface area contributed by atoms with Gasteiger partial charge in [0.25, 0.3) is 0 Å². The number of thiocarbonyl (C=S) groups is 1. The third-order valence-electron chi connectivity index (χ3n) is 4.45. The van der Waals surface area contributed by atoms with E-state index in [-0.39, 0.29) is 0 Å². The molecule has 1 saturated heterocycles. The number of nitrogens with one attached hydrogen (secondary N) is 1. The Morgan fingerprint density at radius 2 is 1.85 bits per heavy atom. The fraction of sp³-hybridized carbons (Fsp3) is 0.286. The summed E-state index contributed by atoms with van der Waals surface area (Å²) < 4.78 is 5.26. The average molecular weight is 368 g/mol. The highest BCUT2D eigenvalue weighted by Crippen LogP contribution is 2.17. The minimum absolute atomic E-state index is 0.776.